The van der Waals surface area contributed by atoms with E-state index in [1.54, 1.807) is 12.1 Å². The smallest absolute Gasteiger partial charge is 0.240 e. The topological polar surface area (TPSA) is 72.2 Å². The number of rotatable bonds is 9. The van der Waals surface area contributed by atoms with Gasteiger partial charge in [-0.1, -0.05) is 60.6 Å². The highest BCUT2D eigenvalue weighted by molar-refractivity contribution is 7.89. The Morgan fingerprint density at radius 2 is 1.50 bits per heavy atom. The van der Waals surface area contributed by atoms with E-state index in [-0.39, 0.29) is 17.4 Å². The lowest BCUT2D eigenvalue weighted by Gasteiger charge is -2.26. The molecule has 0 fully saturated rings. The molecule has 26 heavy (non-hydrogen) atoms. The first-order valence-electron chi connectivity index (χ1n) is 9.71. The molecular weight excluding hydrogens is 344 g/mol. The minimum atomic E-state index is -3.52. The van der Waals surface area contributed by atoms with Crippen molar-refractivity contribution >= 4 is 10.0 Å². The lowest BCUT2D eigenvalue weighted by atomic mass is 9.87. The highest BCUT2D eigenvalue weighted by Crippen LogP contribution is 2.24. The number of nitrogens with one attached hydrogen (secondary N) is 1. The first-order chi connectivity index (χ1) is 11.9. The normalized spacial score (nSPS) is 15.5. The van der Waals surface area contributed by atoms with Crippen LogP contribution in [0.5, 0.6) is 0 Å². The second-order valence-corrected chi connectivity index (χ2v) is 10.8. The lowest BCUT2D eigenvalue weighted by molar-refractivity contribution is 0.319. The van der Waals surface area contributed by atoms with Gasteiger partial charge in [-0.2, -0.15) is 0 Å². The molecule has 4 nitrogen and oxygen atoms in total. The molecule has 150 valence electrons. The predicted octanol–water partition coefficient (Wildman–Crippen LogP) is 4.30. The molecule has 0 unspecified atom stereocenters. The quantitative estimate of drug-likeness (QED) is 0.669. The van der Waals surface area contributed by atoms with Gasteiger partial charge < -0.3 is 5.73 Å². The Hall–Kier alpha value is -0.910. The average molecular weight is 383 g/mol. The number of benzene rings is 1. The molecule has 5 heteroatoms. The summed E-state index contributed by atoms with van der Waals surface area (Å²) in [5.41, 5.74) is 6.99. The maximum Gasteiger partial charge on any atom is 0.240 e. The van der Waals surface area contributed by atoms with Crippen LogP contribution in [0.4, 0.5) is 0 Å². The molecule has 0 spiro atoms. The Balaban J connectivity index is 2.89. The van der Waals surface area contributed by atoms with Gasteiger partial charge in [0, 0.05) is 6.04 Å². The molecule has 0 aliphatic heterocycles. The monoisotopic (exact) mass is 382 g/mol. The molecule has 1 aromatic rings. The summed E-state index contributed by atoms with van der Waals surface area (Å²) in [5, 5.41) is 0. The van der Waals surface area contributed by atoms with E-state index in [4.69, 9.17) is 5.73 Å². The van der Waals surface area contributed by atoms with Crippen LogP contribution in [0.1, 0.15) is 66.9 Å². The molecule has 2 atom stereocenters. The number of sulfonamides is 1. The maximum atomic E-state index is 12.8. The van der Waals surface area contributed by atoms with E-state index in [1.165, 1.54) is 0 Å². The first kappa shape index (κ1) is 23.1. The summed E-state index contributed by atoms with van der Waals surface area (Å²) >= 11 is 0. The summed E-state index contributed by atoms with van der Waals surface area (Å²) in [6, 6.07) is 7.13. The Labute approximate surface area is 161 Å². The number of hydrogen-bond acceptors (Lipinski definition) is 3. The third-order valence-electron chi connectivity index (χ3n) is 5.24. The molecule has 1 rings (SSSR count). The van der Waals surface area contributed by atoms with Crippen molar-refractivity contribution in [3.63, 3.8) is 0 Å². The van der Waals surface area contributed by atoms with Crippen LogP contribution in [0.3, 0.4) is 0 Å². The van der Waals surface area contributed by atoms with Crippen LogP contribution in [0.2, 0.25) is 0 Å². The maximum absolute atomic E-state index is 12.8. The van der Waals surface area contributed by atoms with Gasteiger partial charge in [-0.3, -0.25) is 0 Å². The molecule has 0 heterocycles. The summed E-state index contributed by atoms with van der Waals surface area (Å²) in [6.07, 6.45) is 1.74. The van der Waals surface area contributed by atoms with Gasteiger partial charge in [-0.15, -0.1) is 0 Å². The van der Waals surface area contributed by atoms with E-state index in [9.17, 15) is 8.42 Å². The third-order valence-corrected chi connectivity index (χ3v) is 6.74. The van der Waals surface area contributed by atoms with Gasteiger partial charge in [-0.05, 0) is 60.3 Å². The molecule has 0 saturated heterocycles. The molecule has 1 aromatic carbocycles. The van der Waals surface area contributed by atoms with E-state index < -0.39 is 10.0 Å². The highest BCUT2D eigenvalue weighted by atomic mass is 32.2. The van der Waals surface area contributed by atoms with Gasteiger partial charge in [-0.25, -0.2) is 13.1 Å². The predicted molar refractivity (Wildman–Crippen MR) is 111 cm³/mol. The van der Waals surface area contributed by atoms with E-state index in [1.807, 2.05) is 12.1 Å². The van der Waals surface area contributed by atoms with E-state index in [0.717, 1.165) is 18.4 Å². The third kappa shape index (κ3) is 6.67. The fourth-order valence-corrected chi connectivity index (χ4v) is 4.47. The van der Waals surface area contributed by atoms with Crippen LogP contribution < -0.4 is 10.5 Å². The Bertz CT molecular complexity index is 644. The van der Waals surface area contributed by atoms with Crippen LogP contribution in [0.25, 0.3) is 0 Å². The standard InChI is InChI=1S/C21H38N2O2S/c1-15(2)17(14-22)8-13-20(16(3)4)23-26(24,25)19-11-9-18(10-12-19)21(5,6)7/h9-12,15-17,20,23H,8,13-14,22H2,1-7H3/t17-,20+/m0/s1. The van der Waals surface area contributed by atoms with Gasteiger partial charge in [0.2, 0.25) is 10.0 Å². The Morgan fingerprint density at radius 1 is 0.962 bits per heavy atom. The fourth-order valence-electron chi connectivity index (χ4n) is 3.05. The molecular formula is C21H38N2O2S. The zero-order chi connectivity index (χ0) is 20.1. The zero-order valence-corrected chi connectivity index (χ0v) is 18.4. The average Bonchev–Trinajstić information content (AvgIpc) is 2.53. The summed E-state index contributed by atoms with van der Waals surface area (Å²) in [6.45, 7) is 15.4. The molecule has 0 bridgehead atoms. The van der Waals surface area contributed by atoms with Crippen molar-refractivity contribution in [1.82, 2.24) is 4.72 Å². The number of nitrogens with two attached hydrogens (primary N) is 1. The zero-order valence-electron chi connectivity index (χ0n) is 17.5. The van der Waals surface area contributed by atoms with Crippen LogP contribution in [0, 0.1) is 17.8 Å². The van der Waals surface area contributed by atoms with E-state index in [0.29, 0.717) is 23.3 Å². The van der Waals surface area contributed by atoms with Crippen molar-refractivity contribution in [3.05, 3.63) is 29.8 Å². The summed E-state index contributed by atoms with van der Waals surface area (Å²) in [4.78, 5) is 0.329. The summed E-state index contributed by atoms with van der Waals surface area (Å²) in [5.74, 6) is 1.16. The van der Waals surface area contributed by atoms with Gasteiger partial charge in [0.1, 0.15) is 0 Å². The van der Waals surface area contributed by atoms with Gasteiger partial charge in [0.15, 0.2) is 0 Å². The molecule has 0 aliphatic carbocycles. The summed E-state index contributed by atoms with van der Waals surface area (Å²) in [7, 11) is -3.52. The van der Waals surface area contributed by atoms with Crippen molar-refractivity contribution in [2.75, 3.05) is 6.54 Å². The SMILES string of the molecule is CC(C)[C@H](CN)CC[C@@H](NS(=O)(=O)c1ccc(C(C)(C)C)cc1)C(C)C. The van der Waals surface area contributed by atoms with E-state index >= 15 is 0 Å². The van der Waals surface area contributed by atoms with Crippen molar-refractivity contribution in [2.24, 2.45) is 23.5 Å². The van der Waals surface area contributed by atoms with Crippen LogP contribution in [-0.4, -0.2) is 21.0 Å². The van der Waals surface area contributed by atoms with Crippen molar-refractivity contribution in [2.45, 2.75) is 77.7 Å². The van der Waals surface area contributed by atoms with Crippen molar-refractivity contribution in [3.8, 4) is 0 Å². The molecule has 0 saturated carbocycles. The van der Waals surface area contributed by atoms with Crippen molar-refractivity contribution in [1.29, 1.82) is 0 Å². The minimum Gasteiger partial charge on any atom is -0.330 e. The van der Waals surface area contributed by atoms with Crippen LogP contribution >= 0.6 is 0 Å². The largest absolute Gasteiger partial charge is 0.330 e. The first-order valence-corrected chi connectivity index (χ1v) is 11.2. The Kier molecular flexibility index (Phi) is 8.31. The summed E-state index contributed by atoms with van der Waals surface area (Å²) < 4.78 is 28.6. The Morgan fingerprint density at radius 3 is 1.88 bits per heavy atom. The van der Waals surface area contributed by atoms with E-state index in [2.05, 4.69) is 53.2 Å². The van der Waals surface area contributed by atoms with Crippen molar-refractivity contribution < 1.29 is 8.42 Å². The highest BCUT2D eigenvalue weighted by Gasteiger charge is 2.24. The molecule has 0 aliphatic rings. The molecule has 3 N–H and O–H groups in total. The fraction of sp³-hybridized carbons (Fsp3) is 0.714. The van der Waals surface area contributed by atoms with Crippen LogP contribution in [0.15, 0.2) is 29.2 Å². The van der Waals surface area contributed by atoms with Gasteiger partial charge >= 0.3 is 0 Å². The minimum absolute atomic E-state index is 0.00424. The molecule has 0 amide bonds. The second kappa shape index (κ2) is 9.34. The second-order valence-electron chi connectivity index (χ2n) is 9.06. The van der Waals surface area contributed by atoms with Gasteiger partial charge in [0.25, 0.3) is 0 Å². The molecule has 0 radical (unpaired) electrons. The lowest BCUT2D eigenvalue weighted by Crippen LogP contribution is -2.39. The molecule has 0 aromatic heterocycles. The van der Waals surface area contributed by atoms with Gasteiger partial charge in [0.05, 0.1) is 4.90 Å². The van der Waals surface area contributed by atoms with Crippen LogP contribution in [-0.2, 0) is 15.4 Å². The number of hydrogen-bond donors (Lipinski definition) is 2.